The van der Waals surface area contributed by atoms with E-state index in [0.29, 0.717) is 13.0 Å². The topological polar surface area (TPSA) is 41.1 Å². The summed E-state index contributed by atoms with van der Waals surface area (Å²) in [6, 6.07) is -0.851. The number of halogens is 4. The van der Waals surface area contributed by atoms with Gasteiger partial charge in [0, 0.05) is 12.6 Å². The van der Waals surface area contributed by atoms with Gasteiger partial charge in [0.15, 0.2) is 23.3 Å². The third-order valence-electron chi connectivity index (χ3n) is 2.17. The van der Waals surface area contributed by atoms with E-state index in [-0.39, 0.29) is 6.07 Å². The number of nitrogens with one attached hydrogen (secondary N) is 2. The fraction of sp³-hybridized carbons (Fsp3) is 0.364. The summed E-state index contributed by atoms with van der Waals surface area (Å²) in [7, 11) is 0. The number of amides is 2. The molecule has 2 amide bonds. The molecule has 0 saturated heterocycles. The molecule has 0 aliphatic rings. The fourth-order valence-corrected chi connectivity index (χ4v) is 1.22. The second-order valence-electron chi connectivity index (χ2n) is 3.58. The Balaban J connectivity index is 2.81. The number of urea groups is 1. The van der Waals surface area contributed by atoms with Crippen LogP contribution in [0.5, 0.6) is 0 Å². The third kappa shape index (κ3) is 3.35. The van der Waals surface area contributed by atoms with E-state index in [2.05, 4.69) is 5.32 Å². The third-order valence-corrected chi connectivity index (χ3v) is 2.17. The number of anilines is 1. The van der Waals surface area contributed by atoms with Crippen LogP contribution in [0.3, 0.4) is 0 Å². The molecule has 1 aromatic carbocycles. The van der Waals surface area contributed by atoms with Crippen molar-refractivity contribution in [2.45, 2.75) is 19.8 Å². The lowest BCUT2D eigenvalue weighted by molar-refractivity contribution is 0.251. The molecule has 0 aromatic heterocycles. The lowest BCUT2D eigenvalue weighted by Gasteiger charge is -2.09. The standard InChI is InChI=1S/C11H12F4N2O/c1-2-3-4-16-11(18)17-10-8(14)6(12)5-7(13)9(10)15/h5H,2-4H2,1H3,(H2,16,17,18). The van der Waals surface area contributed by atoms with Gasteiger partial charge in [-0.2, -0.15) is 0 Å². The molecule has 0 saturated carbocycles. The Hall–Kier alpha value is -1.79. The lowest BCUT2D eigenvalue weighted by atomic mass is 10.2. The molecular formula is C11H12F4N2O. The number of carbonyl (C=O) groups excluding carboxylic acids is 1. The summed E-state index contributed by atoms with van der Waals surface area (Å²) in [5.74, 6) is -6.42. The molecule has 2 N–H and O–H groups in total. The maximum absolute atomic E-state index is 13.2. The van der Waals surface area contributed by atoms with Crippen molar-refractivity contribution >= 4 is 11.7 Å². The van der Waals surface area contributed by atoms with Crippen LogP contribution in [-0.4, -0.2) is 12.6 Å². The number of unbranched alkanes of at least 4 members (excludes halogenated alkanes) is 1. The quantitative estimate of drug-likeness (QED) is 0.489. The first-order valence-corrected chi connectivity index (χ1v) is 5.35. The normalized spacial score (nSPS) is 10.3. The molecule has 0 bridgehead atoms. The second kappa shape index (κ2) is 6.23. The Labute approximate surface area is 101 Å². The highest BCUT2D eigenvalue weighted by Gasteiger charge is 2.20. The molecule has 0 fully saturated rings. The average molecular weight is 264 g/mol. The highest BCUT2D eigenvalue weighted by atomic mass is 19.2. The SMILES string of the molecule is CCCCNC(=O)Nc1c(F)c(F)cc(F)c1F. The van der Waals surface area contributed by atoms with Gasteiger partial charge in [-0.3, -0.25) is 0 Å². The van der Waals surface area contributed by atoms with Crippen LogP contribution in [-0.2, 0) is 0 Å². The maximum atomic E-state index is 13.2. The van der Waals surface area contributed by atoms with E-state index in [4.69, 9.17) is 0 Å². The Morgan fingerprint density at radius 2 is 1.72 bits per heavy atom. The first-order valence-electron chi connectivity index (χ1n) is 5.35. The minimum absolute atomic E-state index is 0.0742. The number of hydrogen-bond acceptors (Lipinski definition) is 1. The summed E-state index contributed by atoms with van der Waals surface area (Å²) in [5.41, 5.74) is -1.14. The lowest BCUT2D eigenvalue weighted by Crippen LogP contribution is -2.30. The summed E-state index contributed by atoms with van der Waals surface area (Å²) in [4.78, 5) is 11.2. The van der Waals surface area contributed by atoms with Crippen LogP contribution in [0.4, 0.5) is 28.0 Å². The molecule has 0 aliphatic carbocycles. The molecule has 0 unspecified atom stereocenters. The van der Waals surface area contributed by atoms with Gasteiger partial charge in [-0.25, -0.2) is 22.4 Å². The van der Waals surface area contributed by atoms with Crippen molar-refractivity contribution in [1.29, 1.82) is 0 Å². The highest BCUT2D eigenvalue weighted by Crippen LogP contribution is 2.23. The molecule has 100 valence electrons. The van der Waals surface area contributed by atoms with E-state index >= 15 is 0 Å². The van der Waals surface area contributed by atoms with Crippen LogP contribution < -0.4 is 10.6 Å². The summed E-state index contributed by atoms with van der Waals surface area (Å²) < 4.78 is 52.0. The number of benzene rings is 1. The van der Waals surface area contributed by atoms with Gasteiger partial charge in [0.1, 0.15) is 5.69 Å². The van der Waals surface area contributed by atoms with E-state index in [0.717, 1.165) is 6.42 Å². The maximum Gasteiger partial charge on any atom is 0.319 e. The van der Waals surface area contributed by atoms with Crippen molar-refractivity contribution in [3.8, 4) is 0 Å². The van der Waals surface area contributed by atoms with Crippen LogP contribution in [0.25, 0.3) is 0 Å². The zero-order valence-electron chi connectivity index (χ0n) is 9.62. The molecule has 0 atom stereocenters. The monoisotopic (exact) mass is 264 g/mol. The van der Waals surface area contributed by atoms with Crippen LogP contribution in [0.15, 0.2) is 6.07 Å². The fourth-order valence-electron chi connectivity index (χ4n) is 1.22. The predicted octanol–water partition coefficient (Wildman–Crippen LogP) is 3.16. The van der Waals surface area contributed by atoms with Crippen molar-refractivity contribution in [1.82, 2.24) is 5.32 Å². The Kier molecular flexibility index (Phi) is 4.94. The summed E-state index contributed by atoms with van der Waals surface area (Å²) >= 11 is 0. The van der Waals surface area contributed by atoms with Crippen LogP contribution in [0.2, 0.25) is 0 Å². The van der Waals surface area contributed by atoms with E-state index < -0.39 is 35.0 Å². The molecule has 0 heterocycles. The van der Waals surface area contributed by atoms with Crippen LogP contribution in [0.1, 0.15) is 19.8 Å². The first kappa shape index (κ1) is 14.3. The van der Waals surface area contributed by atoms with Gasteiger partial charge in [-0.1, -0.05) is 13.3 Å². The minimum atomic E-state index is -1.64. The molecule has 1 aromatic rings. The Bertz CT molecular complexity index is 425. The zero-order valence-corrected chi connectivity index (χ0v) is 9.62. The van der Waals surface area contributed by atoms with Gasteiger partial charge in [-0.05, 0) is 6.42 Å². The molecular weight excluding hydrogens is 252 g/mol. The summed E-state index contributed by atoms with van der Waals surface area (Å²) in [5, 5.41) is 4.04. The van der Waals surface area contributed by atoms with Crippen molar-refractivity contribution in [2.24, 2.45) is 0 Å². The molecule has 7 heteroatoms. The smallest absolute Gasteiger partial charge is 0.319 e. The molecule has 0 aliphatic heterocycles. The Morgan fingerprint density at radius 1 is 1.17 bits per heavy atom. The van der Waals surface area contributed by atoms with E-state index in [9.17, 15) is 22.4 Å². The largest absolute Gasteiger partial charge is 0.338 e. The van der Waals surface area contributed by atoms with Gasteiger partial charge in [0.25, 0.3) is 0 Å². The van der Waals surface area contributed by atoms with Gasteiger partial charge in [0.05, 0.1) is 0 Å². The van der Waals surface area contributed by atoms with E-state index in [1.807, 2.05) is 6.92 Å². The first-order chi connectivity index (χ1) is 8.47. The van der Waals surface area contributed by atoms with E-state index in [1.54, 1.807) is 5.32 Å². The number of rotatable bonds is 4. The molecule has 18 heavy (non-hydrogen) atoms. The summed E-state index contributed by atoms with van der Waals surface area (Å²) in [6.07, 6.45) is 1.49. The van der Waals surface area contributed by atoms with Crippen molar-refractivity contribution in [2.75, 3.05) is 11.9 Å². The van der Waals surface area contributed by atoms with Crippen molar-refractivity contribution < 1.29 is 22.4 Å². The number of hydrogen-bond donors (Lipinski definition) is 2. The van der Waals surface area contributed by atoms with Crippen LogP contribution >= 0.6 is 0 Å². The van der Waals surface area contributed by atoms with Crippen molar-refractivity contribution in [3.63, 3.8) is 0 Å². The minimum Gasteiger partial charge on any atom is -0.338 e. The molecule has 0 spiro atoms. The van der Waals surface area contributed by atoms with Gasteiger partial charge < -0.3 is 10.6 Å². The van der Waals surface area contributed by atoms with Gasteiger partial charge >= 0.3 is 6.03 Å². The van der Waals surface area contributed by atoms with Crippen molar-refractivity contribution in [3.05, 3.63) is 29.3 Å². The molecule has 3 nitrogen and oxygen atoms in total. The average Bonchev–Trinajstić information content (AvgIpc) is 2.32. The predicted molar refractivity (Wildman–Crippen MR) is 58.2 cm³/mol. The highest BCUT2D eigenvalue weighted by molar-refractivity contribution is 5.89. The second-order valence-corrected chi connectivity index (χ2v) is 3.58. The van der Waals surface area contributed by atoms with Gasteiger partial charge in [-0.15, -0.1) is 0 Å². The Morgan fingerprint density at radius 3 is 2.22 bits per heavy atom. The molecule has 0 radical (unpaired) electrons. The zero-order chi connectivity index (χ0) is 13.7. The van der Waals surface area contributed by atoms with Gasteiger partial charge in [0.2, 0.25) is 0 Å². The summed E-state index contributed by atoms with van der Waals surface area (Å²) in [6.45, 7) is 2.18. The number of carbonyl (C=O) groups is 1. The van der Waals surface area contributed by atoms with Crippen LogP contribution in [0, 0.1) is 23.3 Å². The molecule has 1 rings (SSSR count). The van der Waals surface area contributed by atoms with E-state index in [1.165, 1.54) is 0 Å².